The smallest absolute Gasteiger partial charge is 0.526 e. The Bertz CT molecular complexity index is 921. The molecule has 2 aliphatic heterocycles. The van der Waals surface area contributed by atoms with Crippen LogP contribution in [0.5, 0.6) is 5.75 Å². The predicted molar refractivity (Wildman–Crippen MR) is 117 cm³/mol. The number of carbonyl (C=O) groups is 2. The first-order valence-corrected chi connectivity index (χ1v) is 10.8. The minimum atomic E-state index is -1.08. The molecule has 30 heavy (non-hydrogen) atoms. The van der Waals surface area contributed by atoms with E-state index in [2.05, 4.69) is 17.0 Å². The molecule has 0 unspecified atom stereocenters. The normalized spacial score (nSPS) is 18.7. The quantitative estimate of drug-likeness (QED) is 0.565. The molecule has 2 aromatic carbocycles. The Labute approximate surface area is 178 Å². The summed E-state index contributed by atoms with van der Waals surface area (Å²) in [5, 5.41) is 10.4. The molecular weight excluding hydrogens is 377 g/mol. The predicted octanol–water partition coefficient (Wildman–Crippen LogP) is 3.47. The summed E-state index contributed by atoms with van der Waals surface area (Å²) in [6, 6.07) is 13.7. The molecule has 0 saturated carbocycles. The van der Waals surface area contributed by atoms with Gasteiger partial charge < -0.3 is 9.68 Å². The van der Waals surface area contributed by atoms with Crippen molar-refractivity contribution >= 4 is 18.7 Å². The highest BCUT2D eigenvalue weighted by Crippen LogP contribution is 2.36. The number of hydrogen-bond acceptors (Lipinski definition) is 5. The number of benzene rings is 2. The lowest BCUT2D eigenvalue weighted by Crippen LogP contribution is -2.36. The molecule has 2 aliphatic rings. The van der Waals surface area contributed by atoms with Crippen LogP contribution in [0.1, 0.15) is 53.2 Å². The van der Waals surface area contributed by atoms with Crippen LogP contribution < -0.4 is 4.65 Å². The molecule has 1 saturated heterocycles. The molecule has 1 atom stereocenters. The number of para-hydroxylation sites is 1. The van der Waals surface area contributed by atoms with Crippen molar-refractivity contribution in [3.05, 3.63) is 64.7 Å². The van der Waals surface area contributed by atoms with E-state index < -0.39 is 7.12 Å². The number of rotatable bonds is 7. The minimum absolute atomic E-state index is 0.0844. The van der Waals surface area contributed by atoms with Gasteiger partial charge in [0, 0.05) is 25.2 Å². The van der Waals surface area contributed by atoms with Crippen LogP contribution in [0.15, 0.2) is 42.5 Å². The second-order valence-corrected chi connectivity index (χ2v) is 8.54. The Morgan fingerprint density at radius 1 is 1.10 bits per heavy atom. The zero-order valence-electron chi connectivity index (χ0n) is 17.5. The number of hydrogen-bond donors (Lipinski definition) is 1. The highest BCUT2D eigenvalue weighted by Gasteiger charge is 2.37. The Kier molecular flexibility index (Phi) is 6.35. The molecule has 6 heteroatoms. The summed E-state index contributed by atoms with van der Waals surface area (Å²) in [7, 11) is -1.08. The summed E-state index contributed by atoms with van der Waals surface area (Å²) >= 11 is 0. The first-order valence-electron chi connectivity index (χ1n) is 10.8. The number of Topliss-reactive ketones (excluding diaryl/α,β-unsaturated/α-hetero) is 2. The van der Waals surface area contributed by atoms with Crippen LogP contribution in [0.2, 0.25) is 5.82 Å². The summed E-state index contributed by atoms with van der Waals surface area (Å²) in [5.74, 6) is 0.138. The van der Waals surface area contributed by atoms with E-state index in [1.54, 1.807) is 6.07 Å². The zero-order chi connectivity index (χ0) is 21.1. The first-order chi connectivity index (χ1) is 14.5. The molecule has 4 rings (SSSR count). The average Bonchev–Trinajstić information content (AvgIpc) is 3.22. The van der Waals surface area contributed by atoms with Crippen molar-refractivity contribution in [1.82, 2.24) is 4.90 Å². The second-order valence-electron chi connectivity index (χ2n) is 8.54. The Morgan fingerprint density at radius 2 is 1.80 bits per heavy atom. The largest absolute Gasteiger partial charge is 0.535 e. The van der Waals surface area contributed by atoms with Crippen molar-refractivity contribution in [1.29, 1.82) is 0 Å². The maximum absolute atomic E-state index is 12.6. The van der Waals surface area contributed by atoms with Crippen molar-refractivity contribution in [2.24, 2.45) is 0 Å². The van der Waals surface area contributed by atoms with E-state index in [0.29, 0.717) is 24.2 Å². The number of likely N-dealkylation sites (tertiary alicyclic amines) is 1. The van der Waals surface area contributed by atoms with E-state index in [0.717, 1.165) is 17.7 Å². The standard InChI is InChI=1S/C24H28BNO4/c1-17(27)23-6-4-5-20-14-21(25(29)30-24(20)23)15-22(28)13-18-7-9-19(10-8-18)16-26-11-2-3-12-26/h4-10,21,29H,2-3,11-16H2,1H3/t21-/m1/s1. The highest BCUT2D eigenvalue weighted by molar-refractivity contribution is 6.47. The fourth-order valence-electron chi connectivity index (χ4n) is 4.49. The molecule has 156 valence electrons. The minimum Gasteiger partial charge on any atom is -0.535 e. The summed E-state index contributed by atoms with van der Waals surface area (Å²) in [6.45, 7) is 4.80. The van der Waals surface area contributed by atoms with Crippen molar-refractivity contribution in [3.8, 4) is 5.75 Å². The molecular formula is C24H28BNO4. The summed E-state index contributed by atoms with van der Waals surface area (Å²) in [4.78, 5) is 26.9. The fourth-order valence-corrected chi connectivity index (χ4v) is 4.49. The van der Waals surface area contributed by atoms with Crippen molar-refractivity contribution in [3.63, 3.8) is 0 Å². The van der Waals surface area contributed by atoms with Crippen LogP contribution in [-0.4, -0.2) is 41.7 Å². The van der Waals surface area contributed by atoms with Gasteiger partial charge in [-0.15, -0.1) is 0 Å². The fraction of sp³-hybridized carbons (Fsp3) is 0.417. The maximum Gasteiger partial charge on any atom is 0.526 e. The first kappa shape index (κ1) is 20.8. The van der Waals surface area contributed by atoms with Gasteiger partial charge in [0.2, 0.25) is 0 Å². The number of fused-ring (bicyclic) bond motifs is 1. The highest BCUT2D eigenvalue weighted by atomic mass is 16.5. The van der Waals surface area contributed by atoms with E-state index in [-0.39, 0.29) is 23.8 Å². The van der Waals surface area contributed by atoms with Gasteiger partial charge in [0.25, 0.3) is 0 Å². The third kappa shape index (κ3) is 4.82. The average molecular weight is 405 g/mol. The lowest BCUT2D eigenvalue weighted by atomic mass is 9.64. The number of ketones is 2. The topological polar surface area (TPSA) is 66.8 Å². The maximum atomic E-state index is 12.6. The van der Waals surface area contributed by atoms with Crippen LogP contribution in [0.3, 0.4) is 0 Å². The lowest BCUT2D eigenvalue weighted by molar-refractivity contribution is -0.118. The third-order valence-corrected chi connectivity index (χ3v) is 6.12. The van der Waals surface area contributed by atoms with E-state index in [1.807, 2.05) is 24.3 Å². The molecule has 0 spiro atoms. The van der Waals surface area contributed by atoms with Crippen molar-refractivity contribution in [2.45, 2.75) is 51.4 Å². The van der Waals surface area contributed by atoms with Gasteiger partial charge in [-0.2, -0.15) is 0 Å². The molecule has 0 amide bonds. The SMILES string of the molecule is CC(=O)c1cccc2c1OB(O)[C@@H](CC(=O)Cc1ccc(CN3CCCC3)cc1)C2. The van der Waals surface area contributed by atoms with Crippen molar-refractivity contribution in [2.75, 3.05) is 13.1 Å². The van der Waals surface area contributed by atoms with E-state index in [9.17, 15) is 14.6 Å². The van der Waals surface area contributed by atoms with Gasteiger partial charge in [-0.1, -0.05) is 36.4 Å². The monoisotopic (exact) mass is 405 g/mol. The Morgan fingerprint density at radius 3 is 2.50 bits per heavy atom. The van der Waals surface area contributed by atoms with Crippen LogP contribution in [0.25, 0.3) is 0 Å². The summed E-state index contributed by atoms with van der Waals surface area (Å²) in [6.07, 6.45) is 3.69. The van der Waals surface area contributed by atoms with Gasteiger partial charge in [-0.05, 0) is 62.0 Å². The van der Waals surface area contributed by atoms with Gasteiger partial charge in [0.05, 0.1) is 5.56 Å². The van der Waals surface area contributed by atoms with Gasteiger partial charge in [-0.3, -0.25) is 14.5 Å². The molecule has 2 aromatic rings. The van der Waals surface area contributed by atoms with E-state index in [4.69, 9.17) is 4.65 Å². The van der Waals surface area contributed by atoms with E-state index >= 15 is 0 Å². The third-order valence-electron chi connectivity index (χ3n) is 6.12. The van der Waals surface area contributed by atoms with E-state index in [1.165, 1.54) is 38.4 Å². The van der Waals surface area contributed by atoms with Crippen LogP contribution in [-0.2, 0) is 24.2 Å². The molecule has 1 N–H and O–H groups in total. The zero-order valence-corrected chi connectivity index (χ0v) is 17.5. The summed E-state index contributed by atoms with van der Waals surface area (Å²) in [5.41, 5.74) is 3.63. The summed E-state index contributed by atoms with van der Waals surface area (Å²) < 4.78 is 5.64. The lowest BCUT2D eigenvalue weighted by Gasteiger charge is -2.28. The molecule has 5 nitrogen and oxygen atoms in total. The molecule has 0 bridgehead atoms. The Balaban J connectivity index is 1.35. The van der Waals surface area contributed by atoms with Gasteiger partial charge in [0.15, 0.2) is 5.78 Å². The second kappa shape index (κ2) is 9.15. The molecule has 2 heterocycles. The van der Waals surface area contributed by atoms with Gasteiger partial charge in [-0.25, -0.2) is 0 Å². The molecule has 0 aliphatic carbocycles. The molecule has 0 aromatic heterocycles. The van der Waals surface area contributed by atoms with Crippen LogP contribution in [0, 0.1) is 0 Å². The van der Waals surface area contributed by atoms with Crippen LogP contribution >= 0.6 is 0 Å². The number of nitrogens with zero attached hydrogens (tertiary/aromatic N) is 1. The number of carbonyl (C=O) groups excluding carboxylic acids is 2. The van der Waals surface area contributed by atoms with Gasteiger partial charge in [0.1, 0.15) is 11.5 Å². The molecule has 1 fully saturated rings. The van der Waals surface area contributed by atoms with Gasteiger partial charge >= 0.3 is 7.12 Å². The molecule has 0 radical (unpaired) electrons. The Hall–Kier alpha value is -2.44. The van der Waals surface area contributed by atoms with Crippen molar-refractivity contribution < 1.29 is 19.3 Å². The van der Waals surface area contributed by atoms with Crippen LogP contribution in [0.4, 0.5) is 0 Å².